The highest BCUT2D eigenvalue weighted by molar-refractivity contribution is 8.00. The van der Waals surface area contributed by atoms with Crippen molar-refractivity contribution in [3.05, 3.63) is 0 Å². The van der Waals surface area contributed by atoms with Gasteiger partial charge in [-0.05, 0) is 57.4 Å². The smallest absolute Gasteiger partial charge is 0.317 e. The van der Waals surface area contributed by atoms with E-state index in [2.05, 4.69) is 16.0 Å². The first-order valence-corrected chi connectivity index (χ1v) is 19.2. The van der Waals surface area contributed by atoms with Crippen molar-refractivity contribution < 1.29 is 44.4 Å². The maximum atomic E-state index is 12.0. The minimum Gasteiger partial charge on any atom is -0.480 e. The number of carboxylic acid groups (broad SMARTS) is 4. The summed E-state index contributed by atoms with van der Waals surface area (Å²) in [6.07, 6.45) is 9.18. The van der Waals surface area contributed by atoms with Gasteiger partial charge in [0.25, 0.3) is 0 Å². The van der Waals surface area contributed by atoms with E-state index in [0.29, 0.717) is 69.4 Å². The van der Waals surface area contributed by atoms with Gasteiger partial charge in [-0.25, -0.2) is 4.79 Å². The highest BCUT2D eigenvalue weighted by atomic mass is 32.2. The first-order chi connectivity index (χ1) is 23.9. The van der Waals surface area contributed by atoms with Crippen LogP contribution in [0.25, 0.3) is 0 Å². The lowest BCUT2D eigenvalue weighted by Crippen LogP contribution is -2.53. The van der Waals surface area contributed by atoms with Gasteiger partial charge in [-0.2, -0.15) is 11.8 Å². The summed E-state index contributed by atoms with van der Waals surface area (Å²) in [5.74, 6) is -2.71. The van der Waals surface area contributed by atoms with Crippen molar-refractivity contribution in [3.8, 4) is 0 Å². The van der Waals surface area contributed by atoms with Crippen LogP contribution in [0.2, 0.25) is 0 Å². The van der Waals surface area contributed by atoms with Gasteiger partial charge in [-0.3, -0.25) is 38.8 Å². The molecule has 4 unspecified atom stereocenters. The molecule has 3 saturated heterocycles. The molecule has 284 valence electrons. The molecule has 3 heterocycles. The number of amides is 2. The third-order valence-corrected chi connectivity index (χ3v) is 12.1. The van der Waals surface area contributed by atoms with Gasteiger partial charge in [0.2, 0.25) is 0 Å². The first kappa shape index (κ1) is 40.1. The Bertz CT molecular complexity index is 1140. The molecule has 0 spiro atoms. The zero-order chi connectivity index (χ0) is 36.0. The van der Waals surface area contributed by atoms with Crippen LogP contribution in [0.4, 0.5) is 4.79 Å². The van der Waals surface area contributed by atoms with Gasteiger partial charge in [0.15, 0.2) is 0 Å². The van der Waals surface area contributed by atoms with Gasteiger partial charge < -0.3 is 36.4 Å². The standard InChI is InChI=1S/C33H57N7O9S/c41-28(42)18-37-10-11-38(19-29(43)44)14-15-40(21-31(47)48)25(17-39(13-12-37)20-30(45)46)16-23-5-7-24(8-6-23)34-9-3-1-2-4-27-32-26(22-50-27)35-33(49)36-32/h23-27,32,34H,1-22H2,(H,41,42)(H,43,44)(H,45,46)(H,47,48)(H2,35,36,49). The fraction of sp³-hybridized carbons (Fsp3) is 0.848. The fourth-order valence-electron chi connectivity index (χ4n) is 7.97. The van der Waals surface area contributed by atoms with Crippen LogP contribution in [0.15, 0.2) is 0 Å². The minimum atomic E-state index is -1.02. The van der Waals surface area contributed by atoms with Gasteiger partial charge in [0.1, 0.15) is 0 Å². The predicted octanol–water partition coefficient (Wildman–Crippen LogP) is 0.179. The number of carbonyl (C=O) groups excluding carboxylic acids is 1. The number of aliphatic carboxylic acids is 4. The van der Waals surface area contributed by atoms with Crippen LogP contribution in [0.3, 0.4) is 0 Å². The Balaban J connectivity index is 1.29. The molecule has 4 aliphatic rings. The average Bonchev–Trinajstić information content (AvgIpc) is 3.59. The summed E-state index contributed by atoms with van der Waals surface area (Å²) < 4.78 is 0. The largest absolute Gasteiger partial charge is 0.480 e. The molecule has 4 atom stereocenters. The molecule has 50 heavy (non-hydrogen) atoms. The van der Waals surface area contributed by atoms with Crippen LogP contribution in [-0.4, -0.2) is 184 Å². The van der Waals surface area contributed by atoms with E-state index in [9.17, 15) is 44.4 Å². The summed E-state index contributed by atoms with van der Waals surface area (Å²) in [7, 11) is 0. The number of carbonyl (C=O) groups is 5. The minimum absolute atomic E-state index is 0.0429. The molecule has 3 aliphatic heterocycles. The molecular formula is C33H57N7O9S. The third-order valence-electron chi connectivity index (χ3n) is 10.6. The summed E-state index contributed by atoms with van der Waals surface area (Å²) in [6, 6.07) is 0.638. The third kappa shape index (κ3) is 13.8. The van der Waals surface area contributed by atoms with Crippen molar-refractivity contribution in [2.45, 2.75) is 87.2 Å². The van der Waals surface area contributed by atoms with Crippen molar-refractivity contribution in [2.24, 2.45) is 5.92 Å². The van der Waals surface area contributed by atoms with Crippen molar-refractivity contribution in [2.75, 3.05) is 84.3 Å². The zero-order valence-electron chi connectivity index (χ0n) is 29.0. The Morgan fingerprint density at radius 3 is 1.92 bits per heavy atom. The maximum absolute atomic E-state index is 12.0. The number of unbranched alkanes of at least 4 members (excludes halogenated alkanes) is 2. The molecule has 4 fully saturated rings. The molecule has 0 bridgehead atoms. The van der Waals surface area contributed by atoms with Crippen LogP contribution in [0, 0.1) is 5.92 Å². The van der Waals surface area contributed by atoms with Crippen LogP contribution >= 0.6 is 11.8 Å². The van der Waals surface area contributed by atoms with E-state index < -0.39 is 23.9 Å². The Hall–Kier alpha value is -2.70. The second-order valence-corrected chi connectivity index (χ2v) is 15.6. The maximum Gasteiger partial charge on any atom is 0.317 e. The van der Waals surface area contributed by atoms with Crippen LogP contribution in [-0.2, 0) is 19.2 Å². The van der Waals surface area contributed by atoms with E-state index in [4.69, 9.17) is 0 Å². The molecule has 16 nitrogen and oxygen atoms in total. The van der Waals surface area contributed by atoms with Crippen LogP contribution < -0.4 is 16.0 Å². The van der Waals surface area contributed by atoms with Crippen molar-refractivity contribution in [3.63, 3.8) is 0 Å². The Morgan fingerprint density at radius 1 is 0.720 bits per heavy atom. The molecule has 7 N–H and O–H groups in total. The molecule has 1 saturated carbocycles. The van der Waals surface area contributed by atoms with Crippen molar-refractivity contribution >= 4 is 41.7 Å². The molecule has 0 aromatic carbocycles. The number of thioether (sulfide) groups is 1. The first-order valence-electron chi connectivity index (χ1n) is 18.2. The Kier molecular flexibility index (Phi) is 16.3. The molecule has 1 aliphatic carbocycles. The van der Waals surface area contributed by atoms with Gasteiger partial charge in [-0.1, -0.05) is 12.8 Å². The summed E-state index contributed by atoms with van der Waals surface area (Å²) in [5, 5.41) is 48.8. The Morgan fingerprint density at radius 2 is 1.30 bits per heavy atom. The zero-order valence-corrected chi connectivity index (χ0v) is 29.9. The summed E-state index contributed by atoms with van der Waals surface area (Å²) in [6.45, 7) is 2.07. The number of hydrogen-bond acceptors (Lipinski definition) is 11. The molecule has 0 aromatic heterocycles. The Labute approximate surface area is 298 Å². The normalized spacial score (nSPS) is 29.3. The van der Waals surface area contributed by atoms with Gasteiger partial charge in [-0.15, -0.1) is 0 Å². The van der Waals surface area contributed by atoms with E-state index in [0.717, 1.165) is 63.7 Å². The van der Waals surface area contributed by atoms with E-state index in [1.807, 2.05) is 16.7 Å². The lowest BCUT2D eigenvalue weighted by Gasteiger charge is -2.40. The molecule has 4 rings (SSSR count). The summed E-state index contributed by atoms with van der Waals surface area (Å²) >= 11 is 1.95. The number of rotatable bonds is 17. The van der Waals surface area contributed by atoms with E-state index in [1.165, 1.54) is 0 Å². The molecule has 17 heteroatoms. The lowest BCUT2D eigenvalue weighted by atomic mass is 9.82. The van der Waals surface area contributed by atoms with Crippen molar-refractivity contribution in [1.82, 2.24) is 35.6 Å². The molecule has 2 amide bonds. The van der Waals surface area contributed by atoms with E-state index >= 15 is 0 Å². The number of hydrogen-bond donors (Lipinski definition) is 7. The highest BCUT2D eigenvalue weighted by Gasteiger charge is 2.42. The number of fused-ring (bicyclic) bond motifs is 1. The molecular weight excluding hydrogens is 670 g/mol. The summed E-state index contributed by atoms with van der Waals surface area (Å²) in [4.78, 5) is 65.7. The molecule has 0 aromatic rings. The quantitative estimate of drug-likeness (QED) is 0.0786. The number of nitrogens with zero attached hydrogens (tertiary/aromatic N) is 4. The topological polar surface area (TPSA) is 215 Å². The second-order valence-electron chi connectivity index (χ2n) is 14.4. The van der Waals surface area contributed by atoms with Gasteiger partial charge in [0.05, 0.1) is 38.3 Å². The number of urea groups is 1. The number of nitrogens with one attached hydrogen (secondary N) is 3. The fourth-order valence-corrected chi connectivity index (χ4v) is 9.51. The predicted molar refractivity (Wildman–Crippen MR) is 188 cm³/mol. The van der Waals surface area contributed by atoms with Crippen LogP contribution in [0.1, 0.15) is 57.8 Å². The lowest BCUT2D eigenvalue weighted by molar-refractivity contribution is -0.142. The van der Waals surface area contributed by atoms with E-state index in [1.54, 1.807) is 14.7 Å². The van der Waals surface area contributed by atoms with E-state index in [-0.39, 0.29) is 50.3 Å². The molecule has 0 radical (unpaired) electrons. The number of carboxylic acids is 4. The van der Waals surface area contributed by atoms with Gasteiger partial charge >= 0.3 is 29.9 Å². The van der Waals surface area contributed by atoms with Gasteiger partial charge in [0, 0.05) is 68.9 Å². The SMILES string of the molecule is O=C(O)CN1CCN(CC(=O)O)CCN(CC(=O)O)C(CC2CCC(NCCCCCC3SCC4NC(=O)NC43)CC2)CN(CC(=O)O)CC1. The van der Waals surface area contributed by atoms with Crippen molar-refractivity contribution in [1.29, 1.82) is 0 Å². The average molecular weight is 728 g/mol. The van der Waals surface area contributed by atoms with Crippen LogP contribution in [0.5, 0.6) is 0 Å². The monoisotopic (exact) mass is 727 g/mol. The second kappa shape index (κ2) is 20.4. The highest BCUT2D eigenvalue weighted by Crippen LogP contribution is 2.33. The summed E-state index contributed by atoms with van der Waals surface area (Å²) in [5.41, 5.74) is 0.